The van der Waals surface area contributed by atoms with Gasteiger partial charge in [0.05, 0.1) is 25.9 Å². The zero-order chi connectivity index (χ0) is 12.0. The molecule has 0 aliphatic carbocycles. The van der Waals surface area contributed by atoms with Crippen LogP contribution in [0.5, 0.6) is 0 Å². The van der Waals surface area contributed by atoms with Crippen LogP contribution in [0.15, 0.2) is 0 Å². The molecule has 1 heterocycles. The highest BCUT2D eigenvalue weighted by Crippen LogP contribution is 2.06. The van der Waals surface area contributed by atoms with Gasteiger partial charge in [0, 0.05) is 13.1 Å². The molecule has 1 atom stereocenters. The maximum absolute atomic E-state index is 11.0. The smallest absolute Gasteiger partial charge is 0.407 e. The number of ether oxygens (including phenoxy) is 2. The van der Waals surface area contributed by atoms with E-state index in [9.17, 15) is 9.59 Å². The van der Waals surface area contributed by atoms with E-state index in [2.05, 4.69) is 10.1 Å². The van der Waals surface area contributed by atoms with E-state index in [4.69, 9.17) is 9.84 Å². The minimum absolute atomic E-state index is 0.200. The second kappa shape index (κ2) is 6.16. The van der Waals surface area contributed by atoms with Crippen molar-refractivity contribution < 1.29 is 24.2 Å². The number of alkyl carbamates (subject to hydrolysis) is 1. The molecular weight excluding hydrogens is 216 g/mol. The first kappa shape index (κ1) is 12.6. The van der Waals surface area contributed by atoms with Crippen molar-refractivity contribution >= 4 is 12.2 Å². The first-order valence-corrected chi connectivity index (χ1v) is 5.13. The topological polar surface area (TPSA) is 88.1 Å². The standard InChI is InChI=1S/C9H16N2O5/c1-2-16-8(12)10-5-7-6-15-4-3-11(7)9(13)14/h7H,2-6H2,1H3,(H,10,12)(H,13,14). The third-order valence-electron chi connectivity index (χ3n) is 2.23. The number of hydrogen-bond donors (Lipinski definition) is 2. The maximum atomic E-state index is 11.0. The number of carbonyl (C=O) groups is 2. The summed E-state index contributed by atoms with van der Waals surface area (Å²) in [5.41, 5.74) is 0. The summed E-state index contributed by atoms with van der Waals surface area (Å²) in [6, 6.07) is -0.351. The fourth-order valence-corrected chi connectivity index (χ4v) is 1.46. The number of carboxylic acid groups (broad SMARTS) is 1. The molecule has 1 fully saturated rings. The Kier molecular flexibility index (Phi) is 4.84. The molecule has 1 rings (SSSR count). The van der Waals surface area contributed by atoms with Gasteiger partial charge in [-0.05, 0) is 6.92 Å². The van der Waals surface area contributed by atoms with Gasteiger partial charge in [0.15, 0.2) is 0 Å². The van der Waals surface area contributed by atoms with E-state index in [1.807, 2.05) is 0 Å². The van der Waals surface area contributed by atoms with E-state index in [-0.39, 0.29) is 19.2 Å². The predicted molar refractivity (Wildman–Crippen MR) is 54.4 cm³/mol. The number of amides is 2. The average Bonchev–Trinajstić information content (AvgIpc) is 2.27. The van der Waals surface area contributed by atoms with Crippen LogP contribution in [-0.4, -0.2) is 61.1 Å². The lowest BCUT2D eigenvalue weighted by atomic mass is 10.2. The zero-order valence-corrected chi connectivity index (χ0v) is 9.14. The van der Waals surface area contributed by atoms with Crippen LogP contribution in [0.1, 0.15) is 6.92 Å². The number of nitrogens with zero attached hydrogens (tertiary/aromatic N) is 1. The van der Waals surface area contributed by atoms with Gasteiger partial charge in [-0.2, -0.15) is 0 Å². The summed E-state index contributed by atoms with van der Waals surface area (Å²) in [5, 5.41) is 11.4. The van der Waals surface area contributed by atoms with Gasteiger partial charge in [0.1, 0.15) is 0 Å². The van der Waals surface area contributed by atoms with Crippen molar-refractivity contribution in [3.8, 4) is 0 Å². The van der Waals surface area contributed by atoms with Crippen molar-refractivity contribution in [2.45, 2.75) is 13.0 Å². The third-order valence-corrected chi connectivity index (χ3v) is 2.23. The van der Waals surface area contributed by atoms with Crippen molar-refractivity contribution in [1.29, 1.82) is 0 Å². The summed E-state index contributed by atoms with van der Waals surface area (Å²) in [6.45, 7) is 3.19. The summed E-state index contributed by atoms with van der Waals surface area (Å²) in [6.07, 6.45) is -1.54. The molecule has 1 saturated heterocycles. The molecule has 7 nitrogen and oxygen atoms in total. The van der Waals surface area contributed by atoms with Crippen molar-refractivity contribution in [2.75, 3.05) is 32.9 Å². The molecule has 1 aliphatic rings. The lowest BCUT2D eigenvalue weighted by molar-refractivity contribution is 0.000398. The van der Waals surface area contributed by atoms with Crippen LogP contribution in [0.25, 0.3) is 0 Å². The lowest BCUT2D eigenvalue weighted by Crippen LogP contribution is -2.53. The first-order valence-electron chi connectivity index (χ1n) is 5.13. The number of hydrogen-bond acceptors (Lipinski definition) is 4. The Morgan fingerprint density at radius 2 is 2.38 bits per heavy atom. The molecule has 0 bridgehead atoms. The summed E-state index contributed by atoms with van der Waals surface area (Å²) in [4.78, 5) is 23.1. The van der Waals surface area contributed by atoms with Gasteiger partial charge in [-0.15, -0.1) is 0 Å². The Balaban J connectivity index is 2.38. The molecule has 1 unspecified atom stereocenters. The van der Waals surface area contributed by atoms with Gasteiger partial charge < -0.3 is 19.9 Å². The minimum Gasteiger partial charge on any atom is -0.465 e. The minimum atomic E-state index is -1.00. The Labute approximate surface area is 93.3 Å². The van der Waals surface area contributed by atoms with E-state index >= 15 is 0 Å². The van der Waals surface area contributed by atoms with Crippen LogP contribution in [0.2, 0.25) is 0 Å². The highest BCUT2D eigenvalue weighted by molar-refractivity contribution is 5.68. The van der Waals surface area contributed by atoms with Gasteiger partial charge >= 0.3 is 12.2 Å². The van der Waals surface area contributed by atoms with Crippen molar-refractivity contribution in [3.05, 3.63) is 0 Å². The molecule has 2 amide bonds. The highest BCUT2D eigenvalue weighted by atomic mass is 16.5. The van der Waals surface area contributed by atoms with Crippen LogP contribution in [0.3, 0.4) is 0 Å². The molecule has 0 saturated carbocycles. The fraction of sp³-hybridized carbons (Fsp3) is 0.778. The number of morpholine rings is 1. The second-order valence-corrected chi connectivity index (χ2v) is 3.31. The van der Waals surface area contributed by atoms with Gasteiger partial charge in [0.25, 0.3) is 0 Å². The highest BCUT2D eigenvalue weighted by Gasteiger charge is 2.27. The van der Waals surface area contributed by atoms with E-state index in [1.165, 1.54) is 4.90 Å². The molecule has 0 aromatic carbocycles. The second-order valence-electron chi connectivity index (χ2n) is 3.31. The van der Waals surface area contributed by atoms with E-state index < -0.39 is 12.2 Å². The molecule has 0 spiro atoms. The molecule has 0 radical (unpaired) electrons. The summed E-state index contributed by atoms with van der Waals surface area (Å²) in [5.74, 6) is 0. The average molecular weight is 232 g/mol. The van der Waals surface area contributed by atoms with Crippen LogP contribution in [0.4, 0.5) is 9.59 Å². The molecule has 1 aliphatic heterocycles. The van der Waals surface area contributed by atoms with Crippen LogP contribution >= 0.6 is 0 Å². The Morgan fingerprint density at radius 3 is 3.00 bits per heavy atom. The quantitative estimate of drug-likeness (QED) is 0.721. The molecule has 16 heavy (non-hydrogen) atoms. The van der Waals surface area contributed by atoms with E-state index in [0.29, 0.717) is 19.8 Å². The number of nitrogens with one attached hydrogen (secondary N) is 1. The predicted octanol–water partition coefficient (Wildman–Crippen LogP) is 0.111. The van der Waals surface area contributed by atoms with E-state index in [0.717, 1.165) is 0 Å². The summed E-state index contributed by atoms with van der Waals surface area (Å²) in [7, 11) is 0. The molecule has 0 aromatic heterocycles. The lowest BCUT2D eigenvalue weighted by Gasteiger charge is -2.33. The SMILES string of the molecule is CCOC(=O)NCC1COCCN1C(=O)O. The van der Waals surface area contributed by atoms with Gasteiger partial charge in [0.2, 0.25) is 0 Å². The molecule has 92 valence electrons. The Bertz CT molecular complexity index is 258. The van der Waals surface area contributed by atoms with Crippen LogP contribution < -0.4 is 5.32 Å². The molecule has 7 heteroatoms. The first-order chi connectivity index (χ1) is 7.65. The van der Waals surface area contributed by atoms with Gasteiger partial charge in [-0.1, -0.05) is 0 Å². The van der Waals surface area contributed by atoms with Crippen molar-refractivity contribution in [3.63, 3.8) is 0 Å². The Hall–Kier alpha value is -1.50. The van der Waals surface area contributed by atoms with Gasteiger partial charge in [-0.3, -0.25) is 4.90 Å². The fourth-order valence-electron chi connectivity index (χ4n) is 1.46. The summed E-state index contributed by atoms with van der Waals surface area (Å²) < 4.78 is 9.83. The van der Waals surface area contributed by atoms with Crippen molar-refractivity contribution in [1.82, 2.24) is 10.2 Å². The molecular formula is C9H16N2O5. The number of rotatable bonds is 3. The normalized spacial score (nSPS) is 20.3. The molecule has 0 aromatic rings. The number of carbonyl (C=O) groups excluding carboxylic acids is 1. The van der Waals surface area contributed by atoms with E-state index in [1.54, 1.807) is 6.92 Å². The third kappa shape index (κ3) is 3.58. The van der Waals surface area contributed by atoms with Crippen LogP contribution in [0, 0.1) is 0 Å². The maximum Gasteiger partial charge on any atom is 0.407 e. The van der Waals surface area contributed by atoms with Crippen LogP contribution in [-0.2, 0) is 9.47 Å². The Morgan fingerprint density at radius 1 is 1.62 bits per heavy atom. The monoisotopic (exact) mass is 232 g/mol. The van der Waals surface area contributed by atoms with Gasteiger partial charge in [-0.25, -0.2) is 9.59 Å². The summed E-state index contributed by atoms with van der Waals surface area (Å²) >= 11 is 0. The molecule has 2 N–H and O–H groups in total. The van der Waals surface area contributed by atoms with Crippen molar-refractivity contribution in [2.24, 2.45) is 0 Å². The zero-order valence-electron chi connectivity index (χ0n) is 9.14. The largest absolute Gasteiger partial charge is 0.465 e.